The molecule has 1 aliphatic carbocycles. The van der Waals surface area contributed by atoms with Gasteiger partial charge in [0.1, 0.15) is 22.7 Å². The van der Waals surface area contributed by atoms with Crippen LogP contribution in [0, 0.1) is 0 Å². The molecule has 0 radical (unpaired) electrons. The van der Waals surface area contributed by atoms with Crippen molar-refractivity contribution in [2.75, 3.05) is 12.0 Å². The van der Waals surface area contributed by atoms with Crippen LogP contribution in [0.15, 0.2) is 47.8 Å². The quantitative estimate of drug-likeness (QED) is 0.604. The second kappa shape index (κ2) is 8.67. The molecule has 1 aliphatic heterocycles. The molecule has 1 fully saturated rings. The molecule has 2 amide bonds. The van der Waals surface area contributed by atoms with E-state index in [1.54, 1.807) is 28.0 Å². The number of nitrogens with one attached hydrogen (secondary N) is 1. The van der Waals surface area contributed by atoms with E-state index in [-0.39, 0.29) is 24.4 Å². The molecule has 2 aromatic heterocycles. The van der Waals surface area contributed by atoms with E-state index in [4.69, 9.17) is 9.84 Å². The number of rotatable bonds is 5. The number of carbonyl (C=O) groups excluding carboxylic acids is 2. The zero-order chi connectivity index (χ0) is 23.0. The van der Waals surface area contributed by atoms with E-state index in [1.165, 1.54) is 6.42 Å². The third-order valence-electron chi connectivity index (χ3n) is 6.69. The van der Waals surface area contributed by atoms with Crippen LogP contribution in [0.2, 0.25) is 0 Å². The minimum atomic E-state index is -1.12. The molecule has 3 heterocycles. The molecule has 2 aliphatic rings. The largest absolute Gasteiger partial charge is 0.497 e. The molecule has 172 valence electrons. The van der Waals surface area contributed by atoms with E-state index >= 15 is 0 Å². The van der Waals surface area contributed by atoms with Crippen molar-refractivity contribution in [3.05, 3.63) is 53.5 Å². The third kappa shape index (κ3) is 3.93. The Hall–Kier alpha value is -3.13. The highest BCUT2D eigenvalue weighted by Gasteiger charge is 2.49. The number of nitrogens with zero attached hydrogens (tertiary/aromatic N) is 3. The number of benzene rings is 1. The van der Waals surface area contributed by atoms with Crippen molar-refractivity contribution in [3.8, 4) is 16.3 Å². The van der Waals surface area contributed by atoms with Gasteiger partial charge in [-0.3, -0.25) is 19.2 Å². The number of hydrogen-bond acceptors (Lipinski definition) is 5. The maximum Gasteiger partial charge on any atom is 0.277 e. The summed E-state index contributed by atoms with van der Waals surface area (Å²) in [5.74, 6) is 0.321. The second-order valence-electron chi connectivity index (χ2n) is 8.97. The van der Waals surface area contributed by atoms with Crippen molar-refractivity contribution in [1.29, 1.82) is 0 Å². The molecular weight excluding hydrogens is 436 g/mol. The Balaban J connectivity index is 1.55. The minimum Gasteiger partial charge on any atom is -0.497 e. The summed E-state index contributed by atoms with van der Waals surface area (Å²) in [6.07, 6.45) is 5.41. The van der Waals surface area contributed by atoms with Crippen LogP contribution < -0.4 is 15.0 Å². The monoisotopic (exact) mass is 464 g/mol. The topological polar surface area (TPSA) is 76.5 Å². The third-order valence-corrected chi connectivity index (χ3v) is 7.58. The molecule has 1 aromatic carbocycles. The van der Waals surface area contributed by atoms with Gasteiger partial charge in [-0.15, -0.1) is 11.3 Å². The van der Waals surface area contributed by atoms with Crippen LogP contribution in [-0.2, 0) is 11.3 Å². The van der Waals surface area contributed by atoms with Gasteiger partial charge in [0.05, 0.1) is 18.5 Å². The van der Waals surface area contributed by atoms with Crippen LogP contribution in [0.25, 0.3) is 10.6 Å². The van der Waals surface area contributed by atoms with Gasteiger partial charge in [-0.25, -0.2) is 0 Å². The highest BCUT2D eigenvalue weighted by atomic mass is 32.1. The summed E-state index contributed by atoms with van der Waals surface area (Å²) in [6, 6.07) is 13.2. The smallest absolute Gasteiger partial charge is 0.277 e. The zero-order valence-corrected chi connectivity index (χ0v) is 19.7. The molecule has 7 nitrogen and oxygen atoms in total. The Morgan fingerprint density at radius 1 is 1.18 bits per heavy atom. The fourth-order valence-electron chi connectivity index (χ4n) is 4.85. The number of anilines is 1. The number of fused-ring (bicyclic) bond motifs is 1. The predicted molar refractivity (Wildman–Crippen MR) is 129 cm³/mol. The number of hydrogen-bond donors (Lipinski definition) is 1. The minimum absolute atomic E-state index is 0.141. The Labute approximate surface area is 197 Å². The summed E-state index contributed by atoms with van der Waals surface area (Å²) in [4.78, 5) is 30.2. The first kappa shape index (κ1) is 21.7. The Morgan fingerprint density at radius 3 is 2.61 bits per heavy atom. The van der Waals surface area contributed by atoms with Crippen molar-refractivity contribution < 1.29 is 14.3 Å². The molecule has 5 rings (SSSR count). The van der Waals surface area contributed by atoms with Crippen LogP contribution in [0.5, 0.6) is 5.75 Å². The lowest BCUT2D eigenvalue weighted by Gasteiger charge is -2.44. The van der Waals surface area contributed by atoms with E-state index in [0.29, 0.717) is 17.1 Å². The first-order chi connectivity index (χ1) is 16.0. The average molecular weight is 465 g/mol. The molecule has 33 heavy (non-hydrogen) atoms. The van der Waals surface area contributed by atoms with Crippen molar-refractivity contribution in [1.82, 2.24) is 15.1 Å². The van der Waals surface area contributed by atoms with Gasteiger partial charge in [0.25, 0.3) is 5.91 Å². The lowest BCUT2D eigenvalue weighted by molar-refractivity contribution is -0.127. The molecule has 0 saturated heterocycles. The van der Waals surface area contributed by atoms with E-state index < -0.39 is 5.54 Å². The first-order valence-electron chi connectivity index (χ1n) is 11.4. The van der Waals surface area contributed by atoms with Gasteiger partial charge in [-0.1, -0.05) is 25.3 Å². The summed E-state index contributed by atoms with van der Waals surface area (Å²) in [7, 11) is 1.60. The molecule has 0 bridgehead atoms. The molecule has 0 unspecified atom stereocenters. The van der Waals surface area contributed by atoms with E-state index in [2.05, 4.69) is 5.32 Å². The van der Waals surface area contributed by atoms with Gasteiger partial charge in [-0.2, -0.15) is 5.10 Å². The van der Waals surface area contributed by atoms with E-state index in [9.17, 15) is 9.59 Å². The number of thiophene rings is 1. The van der Waals surface area contributed by atoms with Gasteiger partial charge in [0.15, 0.2) is 0 Å². The lowest BCUT2D eigenvalue weighted by atomic mass is 9.91. The number of methoxy groups -OCH3 is 1. The van der Waals surface area contributed by atoms with Crippen LogP contribution in [0.4, 0.5) is 5.69 Å². The number of carbonyl (C=O) groups is 2. The van der Waals surface area contributed by atoms with Crippen LogP contribution in [0.3, 0.4) is 0 Å². The molecule has 1 saturated carbocycles. The molecular formula is C25H28N4O3S. The predicted octanol–water partition coefficient (Wildman–Crippen LogP) is 4.49. The zero-order valence-electron chi connectivity index (χ0n) is 18.9. The summed E-state index contributed by atoms with van der Waals surface area (Å²) in [5.41, 5.74) is 0.777. The van der Waals surface area contributed by atoms with Gasteiger partial charge >= 0.3 is 0 Å². The van der Waals surface area contributed by atoms with Crippen molar-refractivity contribution in [3.63, 3.8) is 0 Å². The van der Waals surface area contributed by atoms with E-state index in [0.717, 1.165) is 36.3 Å². The van der Waals surface area contributed by atoms with Crippen molar-refractivity contribution in [2.24, 2.45) is 0 Å². The molecule has 3 aromatic rings. The normalized spacial score (nSPS) is 21.0. The fraction of sp³-hybridized carbons (Fsp3) is 0.400. The van der Waals surface area contributed by atoms with Gasteiger partial charge in [0, 0.05) is 11.7 Å². The standard InChI is InChI=1S/C25H28N4O3S/c1-25(24(31)26-17-7-4-3-5-8-17)16-28-21(15-20(27-28)22-9-6-14-33-22)23(30)29(25)18-10-12-19(32-2)13-11-18/h6,9-15,17H,3-5,7-8,16H2,1-2H3,(H,26,31)/t25-/m1/s1. The summed E-state index contributed by atoms with van der Waals surface area (Å²) in [6.45, 7) is 2.12. The summed E-state index contributed by atoms with van der Waals surface area (Å²) >= 11 is 1.58. The fourth-order valence-corrected chi connectivity index (χ4v) is 5.53. The maximum atomic E-state index is 13.8. The van der Waals surface area contributed by atoms with Crippen molar-refractivity contribution in [2.45, 2.75) is 57.2 Å². The average Bonchev–Trinajstić information content (AvgIpc) is 3.50. The summed E-state index contributed by atoms with van der Waals surface area (Å²) < 4.78 is 6.98. The van der Waals surface area contributed by atoms with E-state index in [1.807, 2.05) is 54.8 Å². The highest BCUT2D eigenvalue weighted by molar-refractivity contribution is 7.13. The highest BCUT2D eigenvalue weighted by Crippen LogP contribution is 2.36. The Bertz CT molecular complexity index is 1150. The first-order valence-corrected chi connectivity index (χ1v) is 12.3. The maximum absolute atomic E-state index is 13.8. The Kier molecular flexibility index (Phi) is 5.70. The Morgan fingerprint density at radius 2 is 1.94 bits per heavy atom. The number of amides is 2. The summed E-state index contributed by atoms with van der Waals surface area (Å²) in [5, 5.41) is 9.93. The van der Waals surface area contributed by atoms with Gasteiger partial charge in [0.2, 0.25) is 5.91 Å². The van der Waals surface area contributed by atoms with Crippen LogP contribution >= 0.6 is 11.3 Å². The van der Waals surface area contributed by atoms with Crippen LogP contribution in [0.1, 0.15) is 49.5 Å². The van der Waals surface area contributed by atoms with Crippen LogP contribution in [-0.4, -0.2) is 40.3 Å². The second-order valence-corrected chi connectivity index (χ2v) is 9.92. The molecule has 8 heteroatoms. The molecule has 1 atom stereocenters. The van der Waals surface area contributed by atoms with Gasteiger partial charge < -0.3 is 10.1 Å². The number of aromatic nitrogens is 2. The molecule has 0 spiro atoms. The molecule has 1 N–H and O–H groups in total. The SMILES string of the molecule is COc1ccc(N2C(=O)c3cc(-c4cccs4)nn3C[C@]2(C)C(=O)NC2CCCCC2)cc1. The number of ether oxygens (including phenoxy) is 1. The van der Waals surface area contributed by atoms with Crippen molar-refractivity contribution >= 4 is 28.8 Å². The lowest BCUT2D eigenvalue weighted by Crippen LogP contribution is -2.65. The van der Waals surface area contributed by atoms with Gasteiger partial charge in [-0.05, 0) is 61.5 Å².